The Morgan fingerprint density at radius 3 is 3.12 bits per heavy atom. The first-order valence-corrected chi connectivity index (χ1v) is 4.88. The van der Waals surface area contributed by atoms with Gasteiger partial charge in [0.2, 0.25) is 5.82 Å². The summed E-state index contributed by atoms with van der Waals surface area (Å²) >= 11 is 0. The Bertz CT molecular complexity index is 734. The predicted molar refractivity (Wildman–Crippen MR) is 60.3 cm³/mol. The van der Waals surface area contributed by atoms with Crippen LogP contribution < -0.4 is 5.73 Å². The summed E-state index contributed by atoms with van der Waals surface area (Å²) in [4.78, 5) is 8.13. The van der Waals surface area contributed by atoms with E-state index in [1.165, 1.54) is 10.8 Å². The maximum atomic E-state index is 8.86. The average Bonchev–Trinajstić information content (AvgIpc) is 2.93. The number of rotatable bonds is 1. The van der Waals surface area contributed by atoms with Crippen LogP contribution in [0.5, 0.6) is 0 Å². The summed E-state index contributed by atoms with van der Waals surface area (Å²) < 4.78 is 7.00. The molecular formula is C11H7N5O. The lowest BCUT2D eigenvalue weighted by atomic mass is 10.3. The highest BCUT2D eigenvalue weighted by Crippen LogP contribution is 2.20. The van der Waals surface area contributed by atoms with E-state index in [0.717, 1.165) is 0 Å². The number of hydrogen-bond acceptors (Lipinski definition) is 5. The van der Waals surface area contributed by atoms with Crippen LogP contribution in [0.15, 0.2) is 35.0 Å². The minimum absolute atomic E-state index is 0.226. The van der Waals surface area contributed by atoms with Gasteiger partial charge in [-0.3, -0.25) is 0 Å². The number of aromatic nitrogens is 3. The molecule has 0 aliphatic carbocycles. The van der Waals surface area contributed by atoms with Gasteiger partial charge in [-0.2, -0.15) is 10.2 Å². The second-order valence-electron chi connectivity index (χ2n) is 3.46. The van der Waals surface area contributed by atoms with Crippen molar-refractivity contribution < 1.29 is 4.42 Å². The Morgan fingerprint density at radius 2 is 2.29 bits per heavy atom. The van der Waals surface area contributed by atoms with Gasteiger partial charge < -0.3 is 10.2 Å². The van der Waals surface area contributed by atoms with E-state index in [1.54, 1.807) is 24.4 Å². The quantitative estimate of drug-likeness (QED) is 0.633. The van der Waals surface area contributed by atoms with Gasteiger partial charge in [-0.25, -0.2) is 9.55 Å². The molecule has 0 aliphatic rings. The number of fused-ring (bicyclic) bond motifs is 1. The summed E-state index contributed by atoms with van der Waals surface area (Å²) in [7, 11) is 0. The Kier molecular flexibility index (Phi) is 1.86. The minimum Gasteiger partial charge on any atom is -0.423 e. The molecule has 3 aromatic rings. The van der Waals surface area contributed by atoms with Crippen LogP contribution in [0.25, 0.3) is 17.1 Å². The summed E-state index contributed by atoms with van der Waals surface area (Å²) in [5.74, 6) is 0.226. The largest absolute Gasteiger partial charge is 0.423 e. The number of hydrogen-bond donors (Lipinski definition) is 1. The van der Waals surface area contributed by atoms with Gasteiger partial charge in [-0.05, 0) is 18.2 Å². The molecular weight excluding hydrogens is 218 g/mol. The molecule has 0 saturated carbocycles. The molecule has 0 amide bonds. The Hall–Kier alpha value is -2.81. The molecule has 1 aromatic carbocycles. The fraction of sp³-hybridized carbons (Fsp3) is 0. The van der Waals surface area contributed by atoms with Crippen molar-refractivity contribution in [3.63, 3.8) is 0 Å². The molecule has 3 rings (SSSR count). The molecule has 0 saturated heterocycles. The van der Waals surface area contributed by atoms with Gasteiger partial charge in [0.1, 0.15) is 11.6 Å². The molecule has 2 heterocycles. The third kappa shape index (κ3) is 1.41. The second-order valence-corrected chi connectivity index (χ2v) is 3.46. The molecule has 17 heavy (non-hydrogen) atoms. The van der Waals surface area contributed by atoms with Crippen molar-refractivity contribution in [3.05, 3.63) is 36.4 Å². The number of anilines is 1. The lowest BCUT2D eigenvalue weighted by Gasteiger charge is -1.93. The van der Waals surface area contributed by atoms with Gasteiger partial charge in [-0.1, -0.05) is 0 Å². The van der Waals surface area contributed by atoms with Gasteiger partial charge in [0.25, 0.3) is 0 Å². The summed E-state index contributed by atoms with van der Waals surface area (Å²) in [6.07, 6.45) is 3.13. The second kappa shape index (κ2) is 3.35. The smallest absolute Gasteiger partial charge is 0.309 e. The van der Waals surface area contributed by atoms with Crippen LogP contribution in [-0.4, -0.2) is 14.5 Å². The number of nitrogens with two attached hydrogens (primary N) is 1. The van der Waals surface area contributed by atoms with E-state index in [-0.39, 0.29) is 5.82 Å². The van der Waals surface area contributed by atoms with Crippen molar-refractivity contribution in [1.29, 1.82) is 5.26 Å². The summed E-state index contributed by atoms with van der Waals surface area (Å²) in [6.45, 7) is 0. The van der Waals surface area contributed by atoms with Crippen LogP contribution >= 0.6 is 0 Å². The number of nitrogens with zero attached hydrogens (tertiary/aromatic N) is 4. The highest BCUT2D eigenvalue weighted by Gasteiger charge is 2.11. The molecule has 0 atom stereocenters. The van der Waals surface area contributed by atoms with Crippen molar-refractivity contribution in [2.24, 2.45) is 0 Å². The third-order valence-corrected chi connectivity index (χ3v) is 2.35. The molecule has 0 unspecified atom stereocenters. The van der Waals surface area contributed by atoms with E-state index in [0.29, 0.717) is 22.8 Å². The molecule has 0 radical (unpaired) electrons. The summed E-state index contributed by atoms with van der Waals surface area (Å²) in [5, 5.41) is 8.86. The molecule has 0 aliphatic heterocycles. The van der Waals surface area contributed by atoms with Crippen molar-refractivity contribution in [2.45, 2.75) is 0 Å². The first-order valence-electron chi connectivity index (χ1n) is 4.88. The zero-order valence-corrected chi connectivity index (χ0v) is 8.66. The molecule has 6 heteroatoms. The standard InChI is InChI=1S/C11H7N5O/c12-6-10-14-3-4-16(10)11-15-8-5-7(13)1-2-9(8)17-11/h1-5H,13H2. The molecule has 2 N–H and O–H groups in total. The third-order valence-electron chi connectivity index (χ3n) is 2.35. The van der Waals surface area contributed by atoms with E-state index in [1.807, 2.05) is 6.07 Å². The van der Waals surface area contributed by atoms with Gasteiger partial charge in [-0.15, -0.1) is 0 Å². The number of benzene rings is 1. The monoisotopic (exact) mass is 225 g/mol. The number of nitriles is 1. The van der Waals surface area contributed by atoms with Crippen LogP contribution in [0.2, 0.25) is 0 Å². The van der Waals surface area contributed by atoms with Crippen molar-refractivity contribution in [3.8, 4) is 12.1 Å². The summed E-state index contributed by atoms with van der Waals surface area (Å²) in [5.41, 5.74) is 7.54. The topological polar surface area (TPSA) is 93.7 Å². The summed E-state index contributed by atoms with van der Waals surface area (Å²) in [6, 6.07) is 7.45. The molecule has 2 aromatic heterocycles. The maximum absolute atomic E-state index is 8.86. The van der Waals surface area contributed by atoms with E-state index in [4.69, 9.17) is 15.4 Å². The number of imidazole rings is 1. The van der Waals surface area contributed by atoms with E-state index >= 15 is 0 Å². The van der Waals surface area contributed by atoms with Gasteiger partial charge >= 0.3 is 6.01 Å². The van der Waals surface area contributed by atoms with E-state index < -0.39 is 0 Å². The number of oxazole rings is 1. The SMILES string of the molecule is N#Cc1nccn1-c1nc2cc(N)ccc2o1. The molecule has 0 spiro atoms. The maximum Gasteiger partial charge on any atom is 0.309 e. The fourth-order valence-corrected chi connectivity index (χ4v) is 1.58. The van der Waals surface area contributed by atoms with Crippen molar-refractivity contribution in [2.75, 3.05) is 5.73 Å². The van der Waals surface area contributed by atoms with Crippen LogP contribution in [0.1, 0.15) is 5.82 Å². The number of nitrogen functional groups attached to an aromatic ring is 1. The first kappa shape index (κ1) is 9.42. The normalized spacial score (nSPS) is 10.5. The zero-order valence-electron chi connectivity index (χ0n) is 8.66. The van der Waals surface area contributed by atoms with Crippen LogP contribution in [0.4, 0.5) is 5.69 Å². The highest BCUT2D eigenvalue weighted by molar-refractivity contribution is 5.77. The van der Waals surface area contributed by atoms with Gasteiger partial charge in [0.05, 0.1) is 0 Å². The highest BCUT2D eigenvalue weighted by atomic mass is 16.4. The van der Waals surface area contributed by atoms with Crippen LogP contribution in [-0.2, 0) is 0 Å². The molecule has 82 valence electrons. The van der Waals surface area contributed by atoms with Gasteiger partial charge in [0, 0.05) is 18.1 Å². The molecule has 0 fully saturated rings. The molecule has 6 nitrogen and oxygen atoms in total. The van der Waals surface area contributed by atoms with Crippen LogP contribution in [0, 0.1) is 11.3 Å². The first-order chi connectivity index (χ1) is 8.28. The fourth-order valence-electron chi connectivity index (χ4n) is 1.58. The van der Waals surface area contributed by atoms with E-state index in [2.05, 4.69) is 9.97 Å². The minimum atomic E-state index is 0.226. The Morgan fingerprint density at radius 1 is 1.41 bits per heavy atom. The van der Waals surface area contributed by atoms with Crippen LogP contribution in [0.3, 0.4) is 0 Å². The Labute approximate surface area is 95.9 Å². The molecule has 0 bridgehead atoms. The average molecular weight is 225 g/mol. The zero-order chi connectivity index (χ0) is 11.8. The lowest BCUT2D eigenvalue weighted by Crippen LogP contribution is -1.96. The van der Waals surface area contributed by atoms with Gasteiger partial charge in [0.15, 0.2) is 5.58 Å². The van der Waals surface area contributed by atoms with Crippen molar-refractivity contribution >= 4 is 16.8 Å². The Balaban J connectivity index is 2.22. The lowest BCUT2D eigenvalue weighted by molar-refractivity contribution is 0.562. The van der Waals surface area contributed by atoms with Crippen molar-refractivity contribution in [1.82, 2.24) is 14.5 Å². The van der Waals surface area contributed by atoms with E-state index in [9.17, 15) is 0 Å². The predicted octanol–water partition coefficient (Wildman–Crippen LogP) is 1.47.